The molecule has 0 spiro atoms. The molecule has 0 aromatic carbocycles. The molecule has 1 nitrogen and oxygen atoms in total. The average Bonchev–Trinajstić information content (AvgIpc) is 2.48. The van der Waals surface area contributed by atoms with Crippen molar-refractivity contribution in [1.29, 1.82) is 0 Å². The van der Waals surface area contributed by atoms with Gasteiger partial charge in [0, 0.05) is 12.5 Å². The molecule has 0 aliphatic heterocycles. The van der Waals surface area contributed by atoms with Gasteiger partial charge in [-0.2, -0.15) is 0 Å². The Hall–Kier alpha value is -0.370. The van der Waals surface area contributed by atoms with Crippen LogP contribution in [0.2, 0.25) is 0 Å². The Bertz CT molecular complexity index is 235. The van der Waals surface area contributed by atoms with Crippen LogP contribution in [0.4, 0.5) is 4.39 Å². The van der Waals surface area contributed by atoms with Gasteiger partial charge in [-0.05, 0) is 32.1 Å². The summed E-state index contributed by atoms with van der Waals surface area (Å²) in [6, 6.07) is 0. The number of hydrogen-bond acceptors (Lipinski definition) is 1. The normalized spacial score (nSPS) is 28.3. The van der Waals surface area contributed by atoms with Gasteiger partial charge < -0.3 is 4.74 Å². The molecule has 1 aliphatic carbocycles. The van der Waals surface area contributed by atoms with Crippen LogP contribution in [0, 0.1) is 11.3 Å². The first-order chi connectivity index (χ1) is 6.99. The maximum atomic E-state index is 13.8. The Balaban J connectivity index is 2.67. The number of halogens is 1. The monoisotopic (exact) mass is 214 g/mol. The summed E-state index contributed by atoms with van der Waals surface area (Å²) >= 11 is 0. The van der Waals surface area contributed by atoms with E-state index in [4.69, 9.17) is 4.74 Å². The van der Waals surface area contributed by atoms with Crippen LogP contribution in [0.1, 0.15) is 40.0 Å². The van der Waals surface area contributed by atoms with E-state index >= 15 is 0 Å². The quantitative estimate of drug-likeness (QED) is 0.633. The molecular weight excluding hydrogens is 191 g/mol. The highest BCUT2D eigenvalue weighted by atomic mass is 19.1. The minimum absolute atomic E-state index is 0.0392. The van der Waals surface area contributed by atoms with Crippen molar-refractivity contribution < 1.29 is 9.13 Å². The molecule has 0 amide bonds. The van der Waals surface area contributed by atoms with Crippen molar-refractivity contribution in [3.8, 4) is 0 Å². The third-order valence-electron chi connectivity index (χ3n) is 3.33. The number of allylic oxidation sites excluding steroid dienone is 1. The molecular formula is C13H23FO. The van der Waals surface area contributed by atoms with Crippen molar-refractivity contribution in [3.63, 3.8) is 0 Å². The van der Waals surface area contributed by atoms with Gasteiger partial charge in [-0.15, -0.1) is 0 Å². The first kappa shape index (κ1) is 12.7. The fourth-order valence-electron chi connectivity index (χ4n) is 2.36. The molecule has 2 atom stereocenters. The Labute approximate surface area is 92.7 Å². The number of ether oxygens (including phenoxy) is 1. The van der Waals surface area contributed by atoms with Gasteiger partial charge in [-0.25, -0.2) is 4.39 Å². The van der Waals surface area contributed by atoms with Crippen LogP contribution in [0.25, 0.3) is 0 Å². The van der Waals surface area contributed by atoms with E-state index in [1.54, 1.807) is 7.11 Å². The highest BCUT2D eigenvalue weighted by Crippen LogP contribution is 2.41. The second-order valence-corrected chi connectivity index (χ2v) is 5.25. The molecule has 0 N–H and O–H groups in total. The van der Waals surface area contributed by atoms with Gasteiger partial charge in [0.25, 0.3) is 0 Å². The lowest BCUT2D eigenvalue weighted by atomic mass is 9.81. The fraction of sp³-hybridized carbons (Fsp3) is 0.846. The predicted molar refractivity (Wildman–Crippen MR) is 61.7 cm³/mol. The zero-order valence-electron chi connectivity index (χ0n) is 10.3. The molecule has 2 heteroatoms. The number of alkyl halides is 1. The standard InChI is InChI=1S/C13H23FO/c1-10(2)12(14)8-13(9-15-4)6-5-11(3)7-13/h7,10,12H,5-6,8-9H2,1-4H3/t12-,13+/m0/s1. The van der Waals surface area contributed by atoms with Gasteiger partial charge in [-0.3, -0.25) is 0 Å². The molecule has 88 valence electrons. The molecule has 0 saturated heterocycles. The van der Waals surface area contributed by atoms with Crippen LogP contribution in [0.3, 0.4) is 0 Å². The van der Waals surface area contributed by atoms with Crippen LogP contribution in [0.15, 0.2) is 11.6 Å². The minimum atomic E-state index is -0.720. The van der Waals surface area contributed by atoms with E-state index in [1.807, 2.05) is 13.8 Å². The van der Waals surface area contributed by atoms with Crippen LogP contribution in [0.5, 0.6) is 0 Å². The Kier molecular flexibility index (Phi) is 4.32. The molecule has 0 heterocycles. The predicted octanol–water partition coefficient (Wildman–Crippen LogP) is 3.74. The highest BCUT2D eigenvalue weighted by Gasteiger charge is 2.35. The molecule has 0 unspecified atom stereocenters. The lowest BCUT2D eigenvalue weighted by molar-refractivity contribution is 0.0733. The van der Waals surface area contributed by atoms with Crippen LogP contribution < -0.4 is 0 Å². The van der Waals surface area contributed by atoms with Crippen LogP contribution in [-0.2, 0) is 4.74 Å². The number of hydrogen-bond donors (Lipinski definition) is 0. The molecule has 0 saturated carbocycles. The number of methoxy groups -OCH3 is 1. The minimum Gasteiger partial charge on any atom is -0.384 e. The molecule has 0 bridgehead atoms. The van der Waals surface area contributed by atoms with Gasteiger partial charge in [-0.1, -0.05) is 25.5 Å². The van der Waals surface area contributed by atoms with Crippen molar-refractivity contribution in [2.24, 2.45) is 11.3 Å². The van der Waals surface area contributed by atoms with Crippen molar-refractivity contribution in [3.05, 3.63) is 11.6 Å². The highest BCUT2D eigenvalue weighted by molar-refractivity contribution is 5.15. The topological polar surface area (TPSA) is 9.23 Å². The van der Waals surface area contributed by atoms with Gasteiger partial charge in [0.2, 0.25) is 0 Å². The summed E-state index contributed by atoms with van der Waals surface area (Å²) in [6.07, 6.45) is 4.25. The Morgan fingerprint density at radius 1 is 1.53 bits per heavy atom. The number of rotatable bonds is 5. The van der Waals surface area contributed by atoms with E-state index in [9.17, 15) is 4.39 Å². The summed E-state index contributed by atoms with van der Waals surface area (Å²) in [7, 11) is 1.70. The summed E-state index contributed by atoms with van der Waals surface area (Å²) in [4.78, 5) is 0. The summed E-state index contributed by atoms with van der Waals surface area (Å²) in [5, 5.41) is 0. The molecule has 0 fully saturated rings. The zero-order chi connectivity index (χ0) is 11.5. The summed E-state index contributed by atoms with van der Waals surface area (Å²) in [6.45, 7) is 6.66. The molecule has 0 aromatic rings. The van der Waals surface area contributed by atoms with E-state index in [1.165, 1.54) is 5.57 Å². The molecule has 0 aromatic heterocycles. The SMILES string of the molecule is COC[C@@]1(C[C@H](F)C(C)C)C=C(C)CC1. The first-order valence-electron chi connectivity index (χ1n) is 5.80. The molecule has 1 rings (SSSR count). The summed E-state index contributed by atoms with van der Waals surface area (Å²) < 4.78 is 19.0. The first-order valence-corrected chi connectivity index (χ1v) is 5.80. The van der Waals surface area contributed by atoms with Gasteiger partial charge in [0.05, 0.1) is 6.61 Å². The van der Waals surface area contributed by atoms with Crippen molar-refractivity contribution in [2.45, 2.75) is 46.2 Å². The second kappa shape index (κ2) is 5.11. The molecule has 15 heavy (non-hydrogen) atoms. The van der Waals surface area contributed by atoms with E-state index in [2.05, 4.69) is 13.0 Å². The maximum Gasteiger partial charge on any atom is 0.103 e. The molecule has 1 aliphatic rings. The van der Waals surface area contributed by atoms with Crippen molar-refractivity contribution in [1.82, 2.24) is 0 Å². The van der Waals surface area contributed by atoms with Crippen LogP contribution in [-0.4, -0.2) is 19.9 Å². The maximum absolute atomic E-state index is 13.8. The smallest absolute Gasteiger partial charge is 0.103 e. The Morgan fingerprint density at radius 2 is 2.20 bits per heavy atom. The van der Waals surface area contributed by atoms with E-state index in [-0.39, 0.29) is 11.3 Å². The van der Waals surface area contributed by atoms with E-state index in [0.717, 1.165) is 12.8 Å². The van der Waals surface area contributed by atoms with E-state index in [0.29, 0.717) is 13.0 Å². The average molecular weight is 214 g/mol. The zero-order valence-corrected chi connectivity index (χ0v) is 10.3. The third kappa shape index (κ3) is 3.30. The lowest BCUT2D eigenvalue weighted by Crippen LogP contribution is -2.28. The van der Waals surface area contributed by atoms with Gasteiger partial charge in [0.15, 0.2) is 0 Å². The Morgan fingerprint density at radius 3 is 2.60 bits per heavy atom. The summed E-state index contributed by atoms with van der Waals surface area (Å²) in [5.74, 6) is 0.105. The van der Waals surface area contributed by atoms with Gasteiger partial charge >= 0.3 is 0 Å². The fourth-order valence-corrected chi connectivity index (χ4v) is 2.36. The largest absolute Gasteiger partial charge is 0.384 e. The van der Waals surface area contributed by atoms with Crippen molar-refractivity contribution >= 4 is 0 Å². The third-order valence-corrected chi connectivity index (χ3v) is 3.33. The van der Waals surface area contributed by atoms with Gasteiger partial charge in [0.1, 0.15) is 6.17 Å². The summed E-state index contributed by atoms with van der Waals surface area (Å²) in [5.41, 5.74) is 1.34. The van der Waals surface area contributed by atoms with Crippen molar-refractivity contribution in [2.75, 3.05) is 13.7 Å². The second-order valence-electron chi connectivity index (χ2n) is 5.25. The molecule has 0 radical (unpaired) electrons. The van der Waals surface area contributed by atoms with E-state index < -0.39 is 6.17 Å². The lowest BCUT2D eigenvalue weighted by Gasteiger charge is -2.29. The van der Waals surface area contributed by atoms with Crippen LogP contribution >= 0.6 is 0 Å².